The van der Waals surface area contributed by atoms with E-state index in [-0.39, 0.29) is 30.0 Å². The third kappa shape index (κ3) is 4.52. The van der Waals surface area contributed by atoms with Crippen LogP contribution in [0.3, 0.4) is 0 Å². The fraction of sp³-hybridized carbons (Fsp3) is 0.440. The SMILES string of the molecule is CCOC(=O)[C@@H](CC(=O)CCC1c2ccccc2-c2ccccc21)CC(C)C. The van der Waals surface area contributed by atoms with Gasteiger partial charge in [-0.2, -0.15) is 0 Å². The molecule has 0 bridgehead atoms. The Morgan fingerprint density at radius 2 is 1.54 bits per heavy atom. The van der Waals surface area contributed by atoms with Crippen LogP contribution in [0.4, 0.5) is 0 Å². The second-order valence-electron chi connectivity index (χ2n) is 8.09. The molecule has 2 aromatic rings. The van der Waals surface area contributed by atoms with E-state index in [1.165, 1.54) is 22.3 Å². The number of carbonyl (C=O) groups is 2. The standard InChI is InChI=1S/C25H30O3/c1-4-28-25(27)18(15-17(2)3)16-19(26)13-14-24-22-11-7-5-9-20(22)21-10-6-8-12-23(21)24/h5-12,17-18,24H,4,13-16H2,1-3H3/t18-/m1/s1. The maximum Gasteiger partial charge on any atom is 0.309 e. The molecule has 0 aromatic heterocycles. The smallest absolute Gasteiger partial charge is 0.309 e. The van der Waals surface area contributed by atoms with Crippen LogP contribution in [-0.4, -0.2) is 18.4 Å². The maximum absolute atomic E-state index is 12.7. The zero-order valence-corrected chi connectivity index (χ0v) is 17.1. The first-order valence-corrected chi connectivity index (χ1v) is 10.4. The molecule has 3 rings (SSSR count). The zero-order chi connectivity index (χ0) is 20.1. The highest BCUT2D eigenvalue weighted by Gasteiger charge is 2.29. The minimum atomic E-state index is -0.324. The monoisotopic (exact) mass is 378 g/mol. The molecule has 0 saturated heterocycles. The van der Waals surface area contributed by atoms with E-state index in [1.54, 1.807) is 6.92 Å². The molecular weight excluding hydrogens is 348 g/mol. The molecule has 0 aliphatic heterocycles. The fourth-order valence-electron chi connectivity index (χ4n) is 4.35. The van der Waals surface area contributed by atoms with E-state index in [4.69, 9.17) is 4.74 Å². The van der Waals surface area contributed by atoms with Gasteiger partial charge >= 0.3 is 5.97 Å². The average molecular weight is 379 g/mol. The fourth-order valence-corrected chi connectivity index (χ4v) is 4.35. The van der Waals surface area contributed by atoms with Crippen molar-refractivity contribution in [3.05, 3.63) is 59.7 Å². The largest absolute Gasteiger partial charge is 0.466 e. The summed E-state index contributed by atoms with van der Waals surface area (Å²) in [6.45, 7) is 6.31. The van der Waals surface area contributed by atoms with Crippen molar-refractivity contribution in [3.8, 4) is 11.1 Å². The number of ketones is 1. The third-order valence-electron chi connectivity index (χ3n) is 5.52. The van der Waals surface area contributed by atoms with Gasteiger partial charge in [0.15, 0.2) is 0 Å². The van der Waals surface area contributed by atoms with Crippen molar-refractivity contribution >= 4 is 11.8 Å². The number of ether oxygens (including phenoxy) is 1. The molecule has 1 aliphatic rings. The van der Waals surface area contributed by atoms with Gasteiger partial charge in [0.05, 0.1) is 12.5 Å². The van der Waals surface area contributed by atoms with E-state index in [0.29, 0.717) is 25.4 Å². The molecule has 0 amide bonds. The van der Waals surface area contributed by atoms with E-state index in [9.17, 15) is 9.59 Å². The summed E-state index contributed by atoms with van der Waals surface area (Å²) in [7, 11) is 0. The molecule has 0 unspecified atom stereocenters. The summed E-state index contributed by atoms with van der Waals surface area (Å²) in [5, 5.41) is 0. The average Bonchev–Trinajstić information content (AvgIpc) is 3.00. The molecule has 2 aromatic carbocycles. The van der Waals surface area contributed by atoms with E-state index in [0.717, 1.165) is 6.42 Å². The van der Waals surface area contributed by atoms with Crippen LogP contribution in [-0.2, 0) is 14.3 Å². The normalized spacial score (nSPS) is 13.9. The van der Waals surface area contributed by atoms with E-state index < -0.39 is 0 Å². The third-order valence-corrected chi connectivity index (χ3v) is 5.52. The molecule has 3 nitrogen and oxygen atoms in total. The lowest BCUT2D eigenvalue weighted by atomic mass is 9.88. The Morgan fingerprint density at radius 1 is 0.964 bits per heavy atom. The Morgan fingerprint density at radius 3 is 2.07 bits per heavy atom. The number of esters is 1. The molecule has 0 heterocycles. The van der Waals surface area contributed by atoms with Gasteiger partial charge in [-0.1, -0.05) is 62.4 Å². The Labute approximate surface area is 168 Å². The van der Waals surface area contributed by atoms with Crippen LogP contribution in [0.1, 0.15) is 63.5 Å². The highest BCUT2D eigenvalue weighted by Crippen LogP contribution is 2.46. The number of hydrogen-bond acceptors (Lipinski definition) is 3. The van der Waals surface area contributed by atoms with Crippen molar-refractivity contribution in [1.29, 1.82) is 0 Å². The molecule has 1 aliphatic carbocycles. The Hall–Kier alpha value is -2.42. The molecule has 0 fully saturated rings. The molecular formula is C25H30O3. The highest BCUT2D eigenvalue weighted by atomic mass is 16.5. The van der Waals surface area contributed by atoms with E-state index >= 15 is 0 Å². The summed E-state index contributed by atoms with van der Waals surface area (Å²) in [5.41, 5.74) is 5.17. The summed E-state index contributed by atoms with van der Waals surface area (Å²) in [4.78, 5) is 24.9. The molecule has 3 heteroatoms. The van der Waals surface area contributed by atoms with Gasteiger partial charge in [0.1, 0.15) is 5.78 Å². The second kappa shape index (κ2) is 9.18. The summed E-state index contributed by atoms with van der Waals surface area (Å²) in [5.74, 6) is 0.204. The van der Waals surface area contributed by atoms with Crippen LogP contribution < -0.4 is 0 Å². The first kappa shape index (κ1) is 20.3. The van der Waals surface area contributed by atoms with Crippen LogP contribution in [0.15, 0.2) is 48.5 Å². The van der Waals surface area contributed by atoms with Gasteiger partial charge in [0, 0.05) is 18.8 Å². The Bertz CT molecular complexity index is 792. The van der Waals surface area contributed by atoms with Crippen LogP contribution in [0.25, 0.3) is 11.1 Å². The molecule has 1 atom stereocenters. The van der Waals surface area contributed by atoms with Crippen molar-refractivity contribution < 1.29 is 14.3 Å². The topological polar surface area (TPSA) is 43.4 Å². The van der Waals surface area contributed by atoms with Crippen molar-refractivity contribution in [3.63, 3.8) is 0 Å². The van der Waals surface area contributed by atoms with Crippen LogP contribution in [0.5, 0.6) is 0 Å². The number of fused-ring (bicyclic) bond motifs is 3. The molecule has 0 saturated carbocycles. The molecule has 0 spiro atoms. The van der Waals surface area contributed by atoms with Gasteiger partial charge in [-0.25, -0.2) is 0 Å². The summed E-state index contributed by atoms with van der Waals surface area (Å²) in [6.07, 6.45) is 2.25. The molecule has 148 valence electrons. The van der Waals surface area contributed by atoms with Crippen molar-refractivity contribution in [1.82, 2.24) is 0 Å². The van der Waals surface area contributed by atoms with Gasteiger partial charge < -0.3 is 4.74 Å². The number of carbonyl (C=O) groups excluding carboxylic acids is 2. The summed E-state index contributed by atoms with van der Waals surface area (Å²) >= 11 is 0. The van der Waals surface area contributed by atoms with Gasteiger partial charge in [0.2, 0.25) is 0 Å². The second-order valence-corrected chi connectivity index (χ2v) is 8.09. The van der Waals surface area contributed by atoms with Crippen LogP contribution >= 0.6 is 0 Å². The number of benzene rings is 2. The number of rotatable bonds is 9. The van der Waals surface area contributed by atoms with Gasteiger partial charge in [-0.05, 0) is 47.9 Å². The minimum absolute atomic E-state index is 0.153. The zero-order valence-electron chi connectivity index (χ0n) is 17.1. The van der Waals surface area contributed by atoms with Gasteiger partial charge in [0.25, 0.3) is 0 Å². The van der Waals surface area contributed by atoms with E-state index in [1.807, 2.05) is 0 Å². The number of hydrogen-bond donors (Lipinski definition) is 0. The predicted molar refractivity (Wildman–Crippen MR) is 112 cm³/mol. The first-order chi connectivity index (χ1) is 13.5. The minimum Gasteiger partial charge on any atom is -0.466 e. The summed E-state index contributed by atoms with van der Waals surface area (Å²) < 4.78 is 5.19. The van der Waals surface area contributed by atoms with Gasteiger partial charge in [-0.3, -0.25) is 9.59 Å². The quantitative estimate of drug-likeness (QED) is 0.521. The highest BCUT2D eigenvalue weighted by molar-refractivity contribution is 5.85. The molecule has 28 heavy (non-hydrogen) atoms. The molecule has 0 N–H and O–H groups in total. The Kier molecular flexibility index (Phi) is 6.66. The van der Waals surface area contributed by atoms with Crippen molar-refractivity contribution in [2.45, 2.75) is 52.4 Å². The predicted octanol–water partition coefficient (Wildman–Crippen LogP) is 5.76. The molecule has 0 radical (unpaired) electrons. The lowest BCUT2D eigenvalue weighted by Crippen LogP contribution is -2.23. The van der Waals surface area contributed by atoms with Gasteiger partial charge in [-0.15, -0.1) is 0 Å². The Balaban J connectivity index is 1.68. The lowest BCUT2D eigenvalue weighted by molar-refractivity contribution is -0.150. The maximum atomic E-state index is 12.7. The van der Waals surface area contributed by atoms with Crippen molar-refractivity contribution in [2.24, 2.45) is 11.8 Å². The van der Waals surface area contributed by atoms with E-state index in [2.05, 4.69) is 62.4 Å². The van der Waals surface area contributed by atoms with Crippen LogP contribution in [0.2, 0.25) is 0 Å². The first-order valence-electron chi connectivity index (χ1n) is 10.4. The van der Waals surface area contributed by atoms with Crippen molar-refractivity contribution in [2.75, 3.05) is 6.61 Å². The summed E-state index contributed by atoms with van der Waals surface area (Å²) in [6, 6.07) is 16.9. The lowest BCUT2D eigenvalue weighted by Gasteiger charge is -2.18. The van der Waals surface area contributed by atoms with Crippen LogP contribution in [0, 0.1) is 11.8 Å². The number of Topliss-reactive ketones (excluding diaryl/α,β-unsaturated/α-hetero) is 1.